The lowest BCUT2D eigenvalue weighted by molar-refractivity contribution is -0.142. The van der Waals surface area contributed by atoms with E-state index in [0.717, 1.165) is 38.8 Å². The fraction of sp³-hybridized carbons (Fsp3) is 0.405. The summed E-state index contributed by atoms with van der Waals surface area (Å²) in [5.41, 5.74) is 5.35. The summed E-state index contributed by atoms with van der Waals surface area (Å²) in [5.74, 6) is 0.211. The predicted molar refractivity (Wildman–Crippen MR) is 185 cm³/mol. The van der Waals surface area contributed by atoms with Gasteiger partial charge < -0.3 is 23.9 Å². The van der Waals surface area contributed by atoms with Crippen molar-refractivity contribution in [3.05, 3.63) is 89.2 Å². The second kappa shape index (κ2) is 15.2. The minimum Gasteiger partial charge on any atom is -0.489 e. The number of rotatable bonds is 12. The number of carbonyl (C=O) groups excluding carboxylic acids is 2. The molecule has 2 atom stereocenters. The van der Waals surface area contributed by atoms with Crippen LogP contribution in [0.4, 0.5) is 4.79 Å². The van der Waals surface area contributed by atoms with E-state index in [1.807, 2.05) is 109 Å². The molecule has 0 fully saturated rings. The van der Waals surface area contributed by atoms with Crippen molar-refractivity contribution in [2.75, 3.05) is 6.61 Å². The third-order valence-corrected chi connectivity index (χ3v) is 8.83. The summed E-state index contributed by atoms with van der Waals surface area (Å²) in [5, 5.41) is 3.73. The molecule has 0 bridgehead atoms. The van der Waals surface area contributed by atoms with Crippen molar-refractivity contribution in [2.24, 2.45) is 0 Å². The average Bonchev–Trinajstić information content (AvgIpc) is 3.47. The van der Waals surface area contributed by atoms with Gasteiger partial charge in [-0.25, -0.2) is 13.7 Å². The topological polar surface area (TPSA) is 116 Å². The molecule has 0 saturated carbocycles. The molecule has 0 spiro atoms. The lowest BCUT2D eigenvalue weighted by Gasteiger charge is -2.23. The monoisotopic (exact) mass is 662 g/mol. The van der Waals surface area contributed by atoms with Crippen molar-refractivity contribution < 1.29 is 32.4 Å². The number of furan rings is 1. The summed E-state index contributed by atoms with van der Waals surface area (Å²) < 4.78 is 38.4. The van der Waals surface area contributed by atoms with Crippen molar-refractivity contribution in [3.8, 4) is 16.9 Å². The number of nitrogens with one attached hydrogen (secondary N) is 2. The van der Waals surface area contributed by atoms with Gasteiger partial charge in [-0.1, -0.05) is 30.3 Å². The normalized spacial score (nSPS) is 13.2. The average molecular weight is 663 g/mol. The SMILES string of the molecule is CCOC(=O)Cc1ccc(C(C)N[S@](=O)C(C)(C)C)cc1OCc1cc(-c2cccc(CNC(=O)OC(C)(C)C)c2)c2occc2c1. The number of hydrogen-bond donors (Lipinski definition) is 2. The molecule has 9 nitrogen and oxygen atoms in total. The number of alkyl carbamates (subject to hydrolysis) is 1. The summed E-state index contributed by atoms with van der Waals surface area (Å²) >= 11 is 0. The molecule has 47 heavy (non-hydrogen) atoms. The Morgan fingerprint density at radius 3 is 2.43 bits per heavy atom. The van der Waals surface area contributed by atoms with E-state index >= 15 is 0 Å². The maximum atomic E-state index is 12.8. The summed E-state index contributed by atoms with van der Waals surface area (Å²) in [6, 6.07) is 19.3. The van der Waals surface area contributed by atoms with Gasteiger partial charge in [0.25, 0.3) is 0 Å². The summed E-state index contributed by atoms with van der Waals surface area (Å²) in [7, 11) is -1.27. The minimum absolute atomic E-state index is 0.0648. The zero-order valence-electron chi connectivity index (χ0n) is 28.5. The molecule has 2 N–H and O–H groups in total. The van der Waals surface area contributed by atoms with Crippen LogP contribution in [0.5, 0.6) is 5.75 Å². The summed E-state index contributed by atoms with van der Waals surface area (Å²) in [4.78, 5) is 24.6. The second-order valence-corrected chi connectivity index (χ2v) is 15.4. The number of amides is 1. The number of carbonyl (C=O) groups is 2. The van der Waals surface area contributed by atoms with E-state index in [1.165, 1.54) is 0 Å². The Morgan fingerprint density at radius 2 is 1.72 bits per heavy atom. The molecule has 0 saturated heterocycles. The molecule has 10 heteroatoms. The minimum atomic E-state index is -1.27. The van der Waals surface area contributed by atoms with Crippen LogP contribution in [0.1, 0.15) is 83.7 Å². The van der Waals surface area contributed by atoms with Gasteiger partial charge in [0.15, 0.2) is 0 Å². The zero-order valence-corrected chi connectivity index (χ0v) is 29.3. The highest BCUT2D eigenvalue weighted by Crippen LogP contribution is 2.33. The van der Waals surface area contributed by atoms with Crippen LogP contribution in [0.2, 0.25) is 0 Å². The molecular weight excluding hydrogens is 616 g/mol. The van der Waals surface area contributed by atoms with E-state index in [-0.39, 0.29) is 25.0 Å². The third kappa shape index (κ3) is 10.2. The molecule has 1 heterocycles. The first-order valence-corrected chi connectivity index (χ1v) is 16.9. The van der Waals surface area contributed by atoms with E-state index in [2.05, 4.69) is 10.0 Å². The summed E-state index contributed by atoms with van der Waals surface area (Å²) in [6.07, 6.45) is 1.24. The fourth-order valence-electron chi connectivity index (χ4n) is 4.83. The molecule has 0 aliphatic rings. The highest BCUT2D eigenvalue weighted by Gasteiger charge is 2.23. The number of benzene rings is 3. The van der Waals surface area contributed by atoms with Gasteiger partial charge in [0.05, 0.1) is 35.0 Å². The van der Waals surface area contributed by atoms with Crippen molar-refractivity contribution >= 4 is 34.0 Å². The molecule has 4 aromatic rings. The molecule has 0 aliphatic heterocycles. The van der Waals surface area contributed by atoms with Crippen LogP contribution in [0, 0.1) is 0 Å². The van der Waals surface area contributed by atoms with Crippen molar-refractivity contribution in [1.29, 1.82) is 0 Å². The number of fused-ring (bicyclic) bond motifs is 1. The van der Waals surface area contributed by atoms with Gasteiger partial charge in [-0.2, -0.15) is 0 Å². The highest BCUT2D eigenvalue weighted by atomic mass is 32.2. The van der Waals surface area contributed by atoms with Crippen molar-refractivity contribution in [1.82, 2.24) is 10.0 Å². The first kappa shape index (κ1) is 35.7. The van der Waals surface area contributed by atoms with E-state index in [9.17, 15) is 13.8 Å². The van der Waals surface area contributed by atoms with Crippen LogP contribution in [0.3, 0.4) is 0 Å². The van der Waals surface area contributed by atoms with Gasteiger partial charge in [-0.15, -0.1) is 0 Å². The molecule has 0 aliphatic carbocycles. The third-order valence-electron chi connectivity index (χ3n) is 7.15. The molecule has 1 aromatic heterocycles. The van der Waals surface area contributed by atoms with E-state index in [0.29, 0.717) is 24.5 Å². The van der Waals surface area contributed by atoms with Gasteiger partial charge in [0.2, 0.25) is 0 Å². The molecular formula is C37H46N2O7S. The summed E-state index contributed by atoms with van der Waals surface area (Å²) in [6.45, 7) is 15.8. The maximum Gasteiger partial charge on any atom is 0.407 e. The number of hydrogen-bond acceptors (Lipinski definition) is 7. The lowest BCUT2D eigenvalue weighted by Crippen LogP contribution is -2.34. The predicted octanol–water partition coefficient (Wildman–Crippen LogP) is 7.92. The first-order chi connectivity index (χ1) is 22.1. The second-order valence-electron chi connectivity index (χ2n) is 13.4. The largest absolute Gasteiger partial charge is 0.489 e. The van der Waals surface area contributed by atoms with Gasteiger partial charge in [-0.05, 0) is 108 Å². The van der Waals surface area contributed by atoms with Crippen LogP contribution < -0.4 is 14.8 Å². The first-order valence-electron chi connectivity index (χ1n) is 15.8. The Kier molecular flexibility index (Phi) is 11.5. The van der Waals surface area contributed by atoms with Crippen molar-refractivity contribution in [2.45, 2.75) is 91.4 Å². The van der Waals surface area contributed by atoms with Crippen LogP contribution >= 0.6 is 0 Å². The zero-order chi connectivity index (χ0) is 34.4. The van der Waals surface area contributed by atoms with Crippen LogP contribution in [-0.2, 0) is 44.8 Å². The van der Waals surface area contributed by atoms with Crippen molar-refractivity contribution in [3.63, 3.8) is 0 Å². The van der Waals surface area contributed by atoms with Crippen LogP contribution in [0.25, 0.3) is 22.1 Å². The Hall–Kier alpha value is -4.15. The molecule has 0 radical (unpaired) electrons. The van der Waals surface area contributed by atoms with E-state index in [1.54, 1.807) is 13.2 Å². The van der Waals surface area contributed by atoms with E-state index in [4.69, 9.17) is 18.6 Å². The van der Waals surface area contributed by atoms with Gasteiger partial charge >= 0.3 is 12.1 Å². The van der Waals surface area contributed by atoms with Gasteiger partial charge in [0, 0.05) is 29.1 Å². The number of ether oxygens (including phenoxy) is 3. The fourth-order valence-corrected chi connectivity index (χ4v) is 5.64. The van der Waals surface area contributed by atoms with Gasteiger partial charge in [0.1, 0.15) is 23.5 Å². The smallest absolute Gasteiger partial charge is 0.407 e. The van der Waals surface area contributed by atoms with Crippen LogP contribution in [0.15, 0.2) is 71.3 Å². The molecule has 4 rings (SSSR count). The lowest BCUT2D eigenvalue weighted by atomic mass is 9.99. The standard InChI is InChI=1S/C37H46N2O7S/c1-9-43-33(40)21-29-14-13-27(24(2)39-47(42)37(6,7)8)20-32(29)45-23-26-18-30-15-16-44-34(30)31(19-26)28-12-10-11-25(17-28)22-38-35(41)46-36(3,4)5/h10-20,24,39H,9,21-23H2,1-8H3,(H,38,41)/t24?,47-/m1/s1. The van der Waals surface area contributed by atoms with E-state index < -0.39 is 27.4 Å². The molecule has 1 unspecified atom stereocenters. The van der Waals surface area contributed by atoms with Gasteiger partial charge in [-0.3, -0.25) is 4.79 Å². The number of esters is 1. The Bertz CT molecular complexity index is 1730. The molecule has 3 aromatic carbocycles. The Morgan fingerprint density at radius 1 is 0.957 bits per heavy atom. The highest BCUT2D eigenvalue weighted by molar-refractivity contribution is 7.84. The Balaban J connectivity index is 1.60. The molecule has 252 valence electrons. The Labute approximate surface area is 279 Å². The quantitative estimate of drug-likeness (QED) is 0.148. The van der Waals surface area contributed by atoms with Crippen LogP contribution in [-0.4, -0.2) is 33.2 Å². The maximum absolute atomic E-state index is 12.8. The molecule has 1 amide bonds.